The van der Waals surface area contributed by atoms with Crippen LogP contribution in [0.1, 0.15) is 40.5 Å². The molecule has 12 heteroatoms. The Morgan fingerprint density at radius 3 is 2.38 bits per heavy atom. The van der Waals surface area contributed by atoms with Crippen LogP contribution in [-0.2, 0) is 19.2 Å². The number of amides is 4. The molecule has 0 aromatic heterocycles. The molecule has 1 saturated carbocycles. The van der Waals surface area contributed by atoms with Gasteiger partial charge in [-0.3, -0.25) is 19.2 Å². The molecule has 0 aromatic rings. The number of nitriles is 1. The maximum atomic E-state index is 13.4. The Balaban J connectivity index is 1.77. The van der Waals surface area contributed by atoms with Gasteiger partial charge in [0.15, 0.2) is 0 Å². The van der Waals surface area contributed by atoms with Crippen LogP contribution in [-0.4, -0.2) is 65.9 Å². The second-order valence-corrected chi connectivity index (χ2v) is 10.5. The van der Waals surface area contributed by atoms with Gasteiger partial charge >= 0.3 is 12.1 Å². The lowest BCUT2D eigenvalue weighted by molar-refractivity contribution is -0.176. The van der Waals surface area contributed by atoms with Crippen LogP contribution in [0.5, 0.6) is 0 Å². The molecule has 2 saturated heterocycles. The van der Waals surface area contributed by atoms with E-state index in [1.54, 1.807) is 5.32 Å². The summed E-state index contributed by atoms with van der Waals surface area (Å²) in [5.74, 6) is -4.19. The van der Waals surface area contributed by atoms with Gasteiger partial charge in [-0.1, -0.05) is 27.7 Å². The largest absolute Gasteiger partial charge is 0.471 e. The van der Waals surface area contributed by atoms with Gasteiger partial charge in [0.1, 0.15) is 18.1 Å². The lowest BCUT2D eigenvalue weighted by Gasteiger charge is -2.37. The smallest absolute Gasteiger partial charge is 0.356 e. The fourth-order valence-electron chi connectivity index (χ4n) is 5.06. The summed E-state index contributed by atoms with van der Waals surface area (Å²) in [6.45, 7) is 7.19. The average Bonchev–Trinajstić information content (AvgIpc) is 3.07. The molecule has 0 spiro atoms. The summed E-state index contributed by atoms with van der Waals surface area (Å²) < 4.78 is 38.6. The maximum Gasteiger partial charge on any atom is 0.471 e. The second-order valence-electron chi connectivity index (χ2n) is 10.5. The molecule has 3 rings (SSSR count). The SMILES string of the molecule is C[C@@H]1[C@H]2CN(C(=O)[C@@H](NC(=O)C(F)(F)F)C(C)(C)C)[C@H](C(=O)N[C@H](C#N)C[C@@H]3CCNC3=O)[C@@H]12. The predicted molar refractivity (Wildman–Crippen MR) is 112 cm³/mol. The van der Waals surface area contributed by atoms with E-state index in [-0.39, 0.29) is 36.6 Å². The van der Waals surface area contributed by atoms with E-state index in [1.165, 1.54) is 25.7 Å². The van der Waals surface area contributed by atoms with Crippen molar-refractivity contribution < 1.29 is 32.3 Å². The molecule has 3 N–H and O–H groups in total. The minimum Gasteiger partial charge on any atom is -0.356 e. The molecule has 2 heterocycles. The van der Waals surface area contributed by atoms with Crippen molar-refractivity contribution in [2.75, 3.05) is 13.1 Å². The van der Waals surface area contributed by atoms with Gasteiger partial charge in [-0.15, -0.1) is 0 Å². The lowest BCUT2D eigenvalue weighted by atomic mass is 9.85. The zero-order chi connectivity index (χ0) is 25.6. The third kappa shape index (κ3) is 5.13. The molecule has 34 heavy (non-hydrogen) atoms. The number of nitrogens with one attached hydrogen (secondary N) is 3. The first kappa shape index (κ1) is 25.8. The average molecular weight is 486 g/mol. The lowest BCUT2D eigenvalue weighted by Crippen LogP contribution is -2.60. The molecule has 0 aromatic carbocycles. The molecule has 3 fully saturated rings. The van der Waals surface area contributed by atoms with E-state index in [0.717, 1.165) is 0 Å². The highest BCUT2D eigenvalue weighted by Crippen LogP contribution is 2.55. The van der Waals surface area contributed by atoms with Crippen molar-refractivity contribution in [2.24, 2.45) is 29.1 Å². The monoisotopic (exact) mass is 485 g/mol. The molecule has 9 nitrogen and oxygen atoms in total. The molecule has 0 unspecified atom stereocenters. The third-order valence-electron chi connectivity index (χ3n) is 7.10. The standard InChI is InChI=1S/C22H30F3N5O4/c1-10-13-9-30(19(33)16(21(2,3)4)29-20(34)22(23,24)25)15(14(10)13)18(32)28-12(8-26)7-11-5-6-27-17(11)31/h10-16H,5-7,9H2,1-4H3,(H,27,31)(H,28,32)(H,29,34)/t10-,11+,12+,13-,14+,15+,16-/m1/s1. The van der Waals surface area contributed by atoms with Crippen molar-refractivity contribution in [3.63, 3.8) is 0 Å². The van der Waals surface area contributed by atoms with E-state index < -0.39 is 53.4 Å². The highest BCUT2D eigenvalue weighted by Gasteiger charge is 2.63. The molecule has 188 valence electrons. The van der Waals surface area contributed by atoms with Crippen molar-refractivity contribution in [1.82, 2.24) is 20.9 Å². The van der Waals surface area contributed by atoms with Gasteiger partial charge < -0.3 is 20.9 Å². The molecule has 4 amide bonds. The zero-order valence-electron chi connectivity index (χ0n) is 19.5. The van der Waals surface area contributed by atoms with Crippen LogP contribution in [0.3, 0.4) is 0 Å². The molecular weight excluding hydrogens is 455 g/mol. The van der Waals surface area contributed by atoms with Crippen LogP contribution in [0.4, 0.5) is 13.2 Å². The summed E-state index contributed by atoms with van der Waals surface area (Å²) in [5.41, 5.74) is -1.05. The van der Waals surface area contributed by atoms with E-state index in [9.17, 15) is 37.6 Å². The molecule has 3 aliphatic rings. The highest BCUT2D eigenvalue weighted by atomic mass is 19.4. The number of piperidine rings is 1. The predicted octanol–water partition coefficient (Wildman–Crippen LogP) is 0.707. The van der Waals surface area contributed by atoms with Crippen molar-refractivity contribution in [2.45, 2.75) is 64.8 Å². The van der Waals surface area contributed by atoms with Crippen LogP contribution >= 0.6 is 0 Å². The van der Waals surface area contributed by atoms with Gasteiger partial charge in [-0.2, -0.15) is 18.4 Å². The van der Waals surface area contributed by atoms with Crippen LogP contribution in [0.25, 0.3) is 0 Å². The Morgan fingerprint density at radius 2 is 1.88 bits per heavy atom. The first-order chi connectivity index (χ1) is 15.7. The van der Waals surface area contributed by atoms with Gasteiger partial charge in [0.2, 0.25) is 17.7 Å². The maximum absolute atomic E-state index is 13.4. The first-order valence-corrected chi connectivity index (χ1v) is 11.3. The normalized spacial score (nSPS) is 30.0. The van der Waals surface area contributed by atoms with Gasteiger partial charge in [0.05, 0.1) is 6.07 Å². The number of halogens is 3. The Hall–Kier alpha value is -2.84. The number of fused-ring (bicyclic) bond motifs is 1. The molecule has 1 aliphatic carbocycles. The molecule has 2 aliphatic heterocycles. The minimum atomic E-state index is -5.16. The van der Waals surface area contributed by atoms with Crippen molar-refractivity contribution in [1.29, 1.82) is 5.26 Å². The molecular formula is C22H30F3N5O4. The number of carbonyl (C=O) groups excluding carboxylic acids is 4. The van der Waals surface area contributed by atoms with Gasteiger partial charge in [0.25, 0.3) is 0 Å². The van der Waals surface area contributed by atoms with Crippen molar-refractivity contribution >= 4 is 23.6 Å². The Morgan fingerprint density at radius 1 is 1.24 bits per heavy atom. The number of nitrogens with zero attached hydrogens (tertiary/aromatic N) is 2. The minimum absolute atomic E-state index is 0.0137. The number of likely N-dealkylation sites (tertiary alicyclic amines) is 1. The third-order valence-corrected chi connectivity index (χ3v) is 7.10. The summed E-state index contributed by atoms with van der Waals surface area (Å²) in [6.07, 6.45) is -4.48. The van der Waals surface area contributed by atoms with Crippen LogP contribution in [0.15, 0.2) is 0 Å². The summed E-state index contributed by atoms with van der Waals surface area (Å²) in [4.78, 5) is 51.2. The van der Waals surface area contributed by atoms with Gasteiger partial charge in [-0.05, 0) is 36.0 Å². The summed E-state index contributed by atoms with van der Waals surface area (Å²) in [5, 5.41) is 16.6. The van der Waals surface area contributed by atoms with Crippen molar-refractivity contribution in [3.8, 4) is 6.07 Å². The van der Waals surface area contributed by atoms with Crippen LogP contribution in [0.2, 0.25) is 0 Å². The number of carbonyl (C=O) groups is 4. The molecule has 0 bridgehead atoms. The van der Waals surface area contributed by atoms with E-state index >= 15 is 0 Å². The number of hydrogen-bond acceptors (Lipinski definition) is 5. The number of hydrogen-bond donors (Lipinski definition) is 3. The quantitative estimate of drug-likeness (QED) is 0.510. The Bertz CT molecular complexity index is 910. The Kier molecular flexibility index (Phi) is 6.88. The Labute approximate surface area is 195 Å². The van der Waals surface area contributed by atoms with Crippen LogP contribution in [0, 0.1) is 40.4 Å². The van der Waals surface area contributed by atoms with Crippen molar-refractivity contribution in [3.05, 3.63) is 0 Å². The first-order valence-electron chi connectivity index (χ1n) is 11.3. The molecule has 0 radical (unpaired) electrons. The second kappa shape index (κ2) is 9.07. The van der Waals surface area contributed by atoms with Crippen LogP contribution < -0.4 is 16.0 Å². The van der Waals surface area contributed by atoms with E-state index in [4.69, 9.17) is 0 Å². The number of alkyl halides is 3. The fraction of sp³-hybridized carbons (Fsp3) is 0.773. The molecule has 7 atom stereocenters. The van der Waals surface area contributed by atoms with E-state index in [2.05, 4.69) is 10.6 Å². The number of rotatable bonds is 6. The van der Waals surface area contributed by atoms with Gasteiger partial charge in [0, 0.05) is 19.0 Å². The summed E-state index contributed by atoms with van der Waals surface area (Å²) in [7, 11) is 0. The van der Waals surface area contributed by atoms with E-state index in [1.807, 2.05) is 13.0 Å². The topological polar surface area (TPSA) is 131 Å². The fourth-order valence-corrected chi connectivity index (χ4v) is 5.06. The van der Waals surface area contributed by atoms with E-state index in [0.29, 0.717) is 13.0 Å². The van der Waals surface area contributed by atoms with Gasteiger partial charge in [-0.25, -0.2) is 0 Å². The summed E-state index contributed by atoms with van der Waals surface area (Å²) in [6, 6.07) is -1.44. The zero-order valence-corrected chi connectivity index (χ0v) is 19.5. The highest BCUT2D eigenvalue weighted by molar-refractivity contribution is 5.94. The summed E-state index contributed by atoms with van der Waals surface area (Å²) >= 11 is 0.